The number of alkyl halides is 2. The van der Waals surface area contributed by atoms with Crippen LogP contribution in [-0.2, 0) is 0 Å². The van der Waals surface area contributed by atoms with Gasteiger partial charge in [-0.05, 0) is 25.7 Å². The molecule has 0 bridgehead atoms. The quantitative estimate of drug-likeness (QED) is 0.924. The maximum absolute atomic E-state index is 12.9. The van der Waals surface area contributed by atoms with Crippen molar-refractivity contribution in [3.63, 3.8) is 0 Å². The minimum absolute atomic E-state index is 0.175. The van der Waals surface area contributed by atoms with Crippen molar-refractivity contribution in [1.82, 2.24) is 24.6 Å². The van der Waals surface area contributed by atoms with E-state index in [1.165, 1.54) is 0 Å². The molecule has 0 atom stereocenters. The molecule has 0 radical (unpaired) electrons. The molecular weight excluding hydrogens is 288 g/mol. The van der Waals surface area contributed by atoms with Gasteiger partial charge in [-0.15, -0.1) is 0 Å². The maximum Gasteiger partial charge on any atom is 0.257 e. The van der Waals surface area contributed by atoms with E-state index in [1.807, 2.05) is 21.5 Å². The lowest BCUT2D eigenvalue weighted by Gasteiger charge is -2.31. The van der Waals surface area contributed by atoms with Gasteiger partial charge < -0.3 is 5.32 Å². The van der Waals surface area contributed by atoms with Crippen LogP contribution >= 0.6 is 0 Å². The van der Waals surface area contributed by atoms with E-state index in [0.717, 1.165) is 38.4 Å². The van der Waals surface area contributed by atoms with Gasteiger partial charge in [0.2, 0.25) is 0 Å². The van der Waals surface area contributed by atoms with Crippen molar-refractivity contribution < 1.29 is 8.78 Å². The first kappa shape index (κ1) is 15.1. The molecule has 1 aliphatic rings. The molecule has 2 heterocycles. The summed E-state index contributed by atoms with van der Waals surface area (Å²) in [7, 11) is 0. The fourth-order valence-corrected chi connectivity index (χ4v) is 3.04. The van der Waals surface area contributed by atoms with Crippen molar-refractivity contribution in [3.05, 3.63) is 31.0 Å². The summed E-state index contributed by atoms with van der Waals surface area (Å²) in [6.45, 7) is 0.706. The molecule has 0 saturated heterocycles. The molecule has 0 unspecified atom stereocenters. The summed E-state index contributed by atoms with van der Waals surface area (Å²) in [5.41, 5.74) is 0. The first-order valence-electron chi connectivity index (χ1n) is 7.66. The summed E-state index contributed by atoms with van der Waals surface area (Å²) < 4.78 is 29.8. The highest BCUT2D eigenvalue weighted by Gasteiger charge is 2.27. The third-order valence-electron chi connectivity index (χ3n) is 4.16. The Labute approximate surface area is 128 Å². The zero-order valence-corrected chi connectivity index (χ0v) is 12.6. The van der Waals surface area contributed by atoms with Gasteiger partial charge in [0.25, 0.3) is 5.92 Å². The molecule has 0 aromatic carbocycles. The summed E-state index contributed by atoms with van der Waals surface area (Å²) in [5, 5.41) is 7.41. The number of rotatable bonds is 5. The fourth-order valence-electron chi connectivity index (χ4n) is 3.04. The predicted octanol–water partition coefficient (Wildman–Crippen LogP) is 2.80. The summed E-state index contributed by atoms with van der Waals surface area (Å²) >= 11 is 0. The van der Waals surface area contributed by atoms with E-state index in [1.54, 1.807) is 18.7 Å². The molecule has 0 spiro atoms. The molecule has 1 N–H and O–H groups in total. The highest BCUT2D eigenvalue weighted by atomic mass is 19.3. The van der Waals surface area contributed by atoms with Crippen molar-refractivity contribution >= 4 is 0 Å². The van der Waals surface area contributed by atoms with Gasteiger partial charge in [-0.3, -0.25) is 4.57 Å². The number of imidazole rings is 1. The molecule has 1 saturated carbocycles. The Morgan fingerprint density at radius 1 is 1.27 bits per heavy atom. The minimum atomic E-state index is -2.65. The molecule has 2 aromatic heterocycles. The van der Waals surface area contributed by atoms with Crippen LogP contribution in [0.5, 0.6) is 0 Å². The monoisotopic (exact) mass is 309 g/mol. The molecule has 2 aromatic rings. The van der Waals surface area contributed by atoms with Gasteiger partial charge in [-0.1, -0.05) is 0 Å². The van der Waals surface area contributed by atoms with Crippen LogP contribution in [0.15, 0.2) is 31.0 Å². The standard InChI is InChI=1S/C15H21F2N5/c1-15(16,17)10-19-12-2-4-13(5-3-12)22-14(6-7-20-22)21-9-8-18-11-21/h6-9,11-13,19H,2-5,10H2,1H3. The summed E-state index contributed by atoms with van der Waals surface area (Å²) in [4.78, 5) is 4.06. The summed E-state index contributed by atoms with van der Waals surface area (Å²) in [5.74, 6) is -1.65. The number of nitrogens with zero attached hydrogens (tertiary/aromatic N) is 4. The van der Waals surface area contributed by atoms with E-state index in [9.17, 15) is 8.78 Å². The molecular formula is C15H21F2N5. The van der Waals surface area contributed by atoms with Gasteiger partial charge in [-0.25, -0.2) is 18.4 Å². The molecule has 0 aliphatic heterocycles. The summed E-state index contributed by atoms with van der Waals surface area (Å²) in [6.07, 6.45) is 10.8. The van der Waals surface area contributed by atoms with Crippen LogP contribution in [0.4, 0.5) is 8.78 Å². The molecule has 3 rings (SSSR count). The second-order valence-corrected chi connectivity index (χ2v) is 6.06. The Hall–Kier alpha value is -1.76. The number of hydrogen-bond acceptors (Lipinski definition) is 3. The molecule has 1 aliphatic carbocycles. The number of hydrogen-bond donors (Lipinski definition) is 1. The smallest absolute Gasteiger partial charge is 0.257 e. The van der Waals surface area contributed by atoms with Gasteiger partial charge >= 0.3 is 0 Å². The highest BCUT2D eigenvalue weighted by Crippen LogP contribution is 2.30. The summed E-state index contributed by atoms with van der Waals surface area (Å²) in [6, 6.07) is 2.45. The lowest BCUT2D eigenvalue weighted by molar-refractivity contribution is 0.0181. The Kier molecular flexibility index (Phi) is 4.24. The lowest BCUT2D eigenvalue weighted by Crippen LogP contribution is -2.40. The van der Waals surface area contributed by atoms with E-state index in [-0.39, 0.29) is 12.6 Å². The molecule has 7 heteroatoms. The minimum Gasteiger partial charge on any atom is -0.308 e. The van der Waals surface area contributed by atoms with Crippen LogP contribution in [0, 0.1) is 0 Å². The topological polar surface area (TPSA) is 47.7 Å². The van der Waals surface area contributed by atoms with E-state index in [0.29, 0.717) is 6.04 Å². The normalized spacial score (nSPS) is 22.9. The molecule has 22 heavy (non-hydrogen) atoms. The van der Waals surface area contributed by atoms with Crippen molar-refractivity contribution in [3.8, 4) is 5.82 Å². The average molecular weight is 309 g/mol. The van der Waals surface area contributed by atoms with Crippen LogP contribution in [-0.4, -0.2) is 37.8 Å². The highest BCUT2D eigenvalue weighted by molar-refractivity contribution is 5.21. The van der Waals surface area contributed by atoms with Crippen LogP contribution in [0.25, 0.3) is 5.82 Å². The molecule has 5 nitrogen and oxygen atoms in total. The third-order valence-corrected chi connectivity index (χ3v) is 4.16. The van der Waals surface area contributed by atoms with E-state index in [2.05, 4.69) is 15.4 Å². The fraction of sp³-hybridized carbons (Fsp3) is 0.600. The Balaban J connectivity index is 1.59. The van der Waals surface area contributed by atoms with Gasteiger partial charge in [0, 0.05) is 31.4 Å². The lowest BCUT2D eigenvalue weighted by atomic mass is 9.91. The van der Waals surface area contributed by atoms with E-state index < -0.39 is 5.92 Å². The number of nitrogens with one attached hydrogen (secondary N) is 1. The van der Waals surface area contributed by atoms with Crippen LogP contribution in [0.3, 0.4) is 0 Å². The molecule has 0 amide bonds. The third kappa shape index (κ3) is 3.52. The van der Waals surface area contributed by atoms with Crippen LogP contribution in [0.2, 0.25) is 0 Å². The van der Waals surface area contributed by atoms with Gasteiger partial charge in [0.15, 0.2) is 0 Å². The first-order valence-corrected chi connectivity index (χ1v) is 7.66. The first-order chi connectivity index (χ1) is 10.5. The average Bonchev–Trinajstić information content (AvgIpc) is 3.15. The largest absolute Gasteiger partial charge is 0.308 e. The maximum atomic E-state index is 12.9. The number of halogens is 2. The van der Waals surface area contributed by atoms with Crippen LogP contribution < -0.4 is 5.32 Å². The molecule has 1 fully saturated rings. The Bertz CT molecular complexity index is 579. The predicted molar refractivity (Wildman–Crippen MR) is 79.3 cm³/mol. The zero-order chi connectivity index (χ0) is 15.6. The van der Waals surface area contributed by atoms with Crippen molar-refractivity contribution in [2.24, 2.45) is 0 Å². The van der Waals surface area contributed by atoms with Gasteiger partial charge in [0.05, 0.1) is 18.8 Å². The van der Waals surface area contributed by atoms with Gasteiger partial charge in [0.1, 0.15) is 12.1 Å². The van der Waals surface area contributed by atoms with Crippen molar-refractivity contribution in [2.75, 3.05) is 6.54 Å². The second kappa shape index (κ2) is 6.16. The number of aromatic nitrogens is 4. The Morgan fingerprint density at radius 2 is 2.05 bits per heavy atom. The SMILES string of the molecule is CC(F)(F)CNC1CCC(n2nccc2-n2ccnc2)CC1. The van der Waals surface area contributed by atoms with Crippen molar-refractivity contribution in [1.29, 1.82) is 0 Å². The Morgan fingerprint density at radius 3 is 2.68 bits per heavy atom. The van der Waals surface area contributed by atoms with E-state index >= 15 is 0 Å². The zero-order valence-electron chi connectivity index (χ0n) is 12.6. The molecule has 120 valence electrons. The van der Waals surface area contributed by atoms with Crippen LogP contribution in [0.1, 0.15) is 38.6 Å². The second-order valence-electron chi connectivity index (χ2n) is 6.06. The van der Waals surface area contributed by atoms with Gasteiger partial charge in [-0.2, -0.15) is 5.10 Å². The van der Waals surface area contributed by atoms with Crippen molar-refractivity contribution in [2.45, 2.75) is 50.6 Å². The van der Waals surface area contributed by atoms with E-state index in [4.69, 9.17) is 0 Å².